The van der Waals surface area contributed by atoms with Crippen LogP contribution in [-0.4, -0.2) is 42.3 Å². The minimum Gasteiger partial charge on any atom is -0.490 e. The average molecular weight is 466 g/mol. The number of furan rings is 1. The highest BCUT2D eigenvalue weighted by Gasteiger charge is 2.36. The number of amides is 2. The Labute approximate surface area is 188 Å². The summed E-state index contributed by atoms with van der Waals surface area (Å²) in [5, 5.41) is -0.105. The molecule has 1 saturated heterocycles. The van der Waals surface area contributed by atoms with Crippen molar-refractivity contribution >= 4 is 46.6 Å². The lowest BCUT2D eigenvalue weighted by Gasteiger charge is -2.13. The number of imide groups is 1. The van der Waals surface area contributed by atoms with Gasteiger partial charge in [0.25, 0.3) is 11.1 Å². The number of methoxy groups -OCH3 is 1. The summed E-state index contributed by atoms with van der Waals surface area (Å²) in [5.74, 6) is 0.125. The maximum Gasteiger partial charge on any atom is 0.373 e. The molecular formula is C21H20ClNO7S. The van der Waals surface area contributed by atoms with Crippen LogP contribution in [0.1, 0.15) is 35.7 Å². The first-order valence-electron chi connectivity index (χ1n) is 9.39. The maximum absolute atomic E-state index is 12.8. The third-order valence-electron chi connectivity index (χ3n) is 4.19. The third kappa shape index (κ3) is 5.05. The number of hydrogen-bond donors (Lipinski definition) is 0. The van der Waals surface area contributed by atoms with E-state index >= 15 is 0 Å². The van der Waals surface area contributed by atoms with Gasteiger partial charge in [0.1, 0.15) is 5.76 Å². The SMILES string of the molecule is CCOc1cc(Cl)c(/C=C2/SC(=O)N(Cc3ccc(C(=O)OC)o3)C2=O)cc1OCC. The van der Waals surface area contributed by atoms with Crippen LogP contribution in [0, 0.1) is 0 Å². The minimum absolute atomic E-state index is 0.00960. The first-order valence-corrected chi connectivity index (χ1v) is 10.6. The number of carbonyl (C=O) groups is 3. The molecule has 0 atom stereocenters. The first kappa shape index (κ1) is 22.8. The van der Waals surface area contributed by atoms with Crippen LogP contribution in [0.15, 0.2) is 33.6 Å². The summed E-state index contributed by atoms with van der Waals surface area (Å²) in [6.07, 6.45) is 1.54. The van der Waals surface area contributed by atoms with Crippen molar-refractivity contribution in [3.05, 3.63) is 51.3 Å². The number of hydrogen-bond acceptors (Lipinski definition) is 8. The fourth-order valence-corrected chi connectivity index (χ4v) is 3.84. The Bertz CT molecular complexity index is 1050. The van der Waals surface area contributed by atoms with Crippen LogP contribution in [0.4, 0.5) is 4.79 Å². The normalized spacial score (nSPS) is 15.0. The van der Waals surface area contributed by atoms with Gasteiger partial charge in [-0.1, -0.05) is 11.6 Å². The van der Waals surface area contributed by atoms with Crippen molar-refractivity contribution < 1.29 is 33.0 Å². The van der Waals surface area contributed by atoms with Crippen LogP contribution in [0.5, 0.6) is 11.5 Å². The monoisotopic (exact) mass is 465 g/mol. The summed E-state index contributed by atoms with van der Waals surface area (Å²) in [6, 6.07) is 6.21. The lowest BCUT2D eigenvalue weighted by atomic mass is 10.1. The van der Waals surface area contributed by atoms with Gasteiger partial charge in [0, 0.05) is 6.07 Å². The fraction of sp³-hybridized carbons (Fsp3) is 0.286. The highest BCUT2D eigenvalue weighted by Crippen LogP contribution is 2.38. The van der Waals surface area contributed by atoms with Crippen LogP contribution in [-0.2, 0) is 16.1 Å². The molecule has 0 unspecified atom stereocenters. The zero-order valence-electron chi connectivity index (χ0n) is 17.1. The average Bonchev–Trinajstić information content (AvgIpc) is 3.31. The molecule has 3 rings (SSSR count). The lowest BCUT2D eigenvalue weighted by molar-refractivity contribution is -0.123. The van der Waals surface area contributed by atoms with Crippen LogP contribution < -0.4 is 9.47 Å². The molecule has 1 fully saturated rings. The number of benzene rings is 1. The summed E-state index contributed by atoms with van der Waals surface area (Å²) >= 11 is 7.14. The summed E-state index contributed by atoms with van der Waals surface area (Å²) in [4.78, 5) is 37.9. The van der Waals surface area contributed by atoms with E-state index in [-0.39, 0.29) is 23.0 Å². The van der Waals surface area contributed by atoms with Gasteiger partial charge >= 0.3 is 5.97 Å². The Morgan fingerprint density at radius 2 is 1.84 bits per heavy atom. The molecule has 0 saturated carbocycles. The molecule has 2 aromatic rings. The zero-order chi connectivity index (χ0) is 22.5. The highest BCUT2D eigenvalue weighted by molar-refractivity contribution is 8.18. The van der Waals surface area contributed by atoms with Crippen molar-refractivity contribution in [1.29, 1.82) is 0 Å². The maximum atomic E-state index is 12.8. The van der Waals surface area contributed by atoms with Crippen molar-refractivity contribution in [2.45, 2.75) is 20.4 Å². The van der Waals surface area contributed by atoms with E-state index in [2.05, 4.69) is 4.74 Å². The molecule has 1 aliphatic heterocycles. The van der Waals surface area contributed by atoms with Gasteiger partial charge in [-0.2, -0.15) is 0 Å². The molecule has 2 heterocycles. The van der Waals surface area contributed by atoms with Gasteiger partial charge in [0.2, 0.25) is 5.76 Å². The lowest BCUT2D eigenvalue weighted by Crippen LogP contribution is -2.27. The number of ether oxygens (including phenoxy) is 3. The number of esters is 1. The molecule has 164 valence electrons. The van der Waals surface area contributed by atoms with E-state index in [1.807, 2.05) is 13.8 Å². The van der Waals surface area contributed by atoms with Crippen molar-refractivity contribution in [1.82, 2.24) is 4.90 Å². The molecular weight excluding hydrogens is 446 g/mol. The summed E-state index contributed by atoms with van der Waals surface area (Å²) in [5.41, 5.74) is 0.519. The Hall–Kier alpha value is -2.91. The molecule has 0 N–H and O–H groups in total. The summed E-state index contributed by atoms with van der Waals surface area (Å²) in [6.45, 7) is 4.45. The first-order chi connectivity index (χ1) is 14.9. The van der Waals surface area contributed by atoms with E-state index < -0.39 is 17.1 Å². The Kier molecular flexibility index (Phi) is 7.29. The van der Waals surface area contributed by atoms with Gasteiger partial charge in [0.15, 0.2) is 11.5 Å². The van der Waals surface area contributed by atoms with Crippen molar-refractivity contribution in [3.8, 4) is 11.5 Å². The van der Waals surface area contributed by atoms with Crippen LogP contribution in [0.3, 0.4) is 0 Å². The highest BCUT2D eigenvalue weighted by atomic mass is 35.5. The predicted octanol–water partition coefficient (Wildman–Crippen LogP) is 4.75. The van der Waals surface area contributed by atoms with Crippen molar-refractivity contribution in [2.24, 2.45) is 0 Å². The topological polar surface area (TPSA) is 95.3 Å². The Morgan fingerprint density at radius 3 is 2.48 bits per heavy atom. The fourth-order valence-electron chi connectivity index (χ4n) is 2.80. The van der Waals surface area contributed by atoms with E-state index in [4.69, 9.17) is 25.5 Å². The molecule has 1 aliphatic rings. The second kappa shape index (κ2) is 9.93. The van der Waals surface area contributed by atoms with Crippen molar-refractivity contribution in [2.75, 3.05) is 20.3 Å². The second-order valence-electron chi connectivity index (χ2n) is 6.21. The van der Waals surface area contributed by atoms with Gasteiger partial charge in [-0.3, -0.25) is 14.5 Å². The summed E-state index contributed by atoms with van der Waals surface area (Å²) in [7, 11) is 1.23. The number of nitrogens with zero attached hydrogens (tertiary/aromatic N) is 1. The van der Waals surface area contributed by atoms with Crippen LogP contribution >= 0.6 is 23.4 Å². The van der Waals surface area contributed by atoms with Crippen molar-refractivity contribution in [3.63, 3.8) is 0 Å². The number of halogens is 1. The minimum atomic E-state index is -0.643. The molecule has 0 radical (unpaired) electrons. The molecule has 31 heavy (non-hydrogen) atoms. The zero-order valence-corrected chi connectivity index (χ0v) is 18.7. The molecule has 0 bridgehead atoms. The van der Waals surface area contributed by atoms with Crippen LogP contribution in [0.2, 0.25) is 5.02 Å². The van der Waals surface area contributed by atoms with Gasteiger partial charge < -0.3 is 18.6 Å². The summed E-state index contributed by atoms with van der Waals surface area (Å²) < 4.78 is 21.1. The van der Waals surface area contributed by atoms with Gasteiger partial charge in [-0.25, -0.2) is 4.79 Å². The molecule has 10 heteroatoms. The number of rotatable bonds is 8. The standard InChI is InChI=1S/C21H20ClNO7S/c1-4-28-16-8-12(14(22)10-17(16)29-5-2)9-18-19(24)23(21(26)31-18)11-13-6-7-15(30-13)20(25)27-3/h6-10H,4-5,11H2,1-3H3/b18-9+. The Morgan fingerprint density at radius 1 is 1.16 bits per heavy atom. The molecule has 1 aromatic carbocycles. The number of carbonyl (C=O) groups excluding carboxylic acids is 3. The molecule has 2 amide bonds. The molecule has 0 aliphatic carbocycles. The Balaban J connectivity index is 1.83. The molecule has 1 aromatic heterocycles. The predicted molar refractivity (Wildman–Crippen MR) is 115 cm³/mol. The van der Waals surface area contributed by atoms with Gasteiger partial charge in [0.05, 0.1) is 36.8 Å². The second-order valence-corrected chi connectivity index (χ2v) is 7.61. The van der Waals surface area contributed by atoms with Gasteiger partial charge in [-0.15, -0.1) is 0 Å². The van der Waals surface area contributed by atoms with E-state index in [0.717, 1.165) is 16.7 Å². The smallest absolute Gasteiger partial charge is 0.373 e. The molecule has 8 nitrogen and oxygen atoms in total. The largest absolute Gasteiger partial charge is 0.490 e. The number of thioether (sulfide) groups is 1. The van der Waals surface area contributed by atoms with Gasteiger partial charge in [-0.05, 0) is 55.4 Å². The van der Waals surface area contributed by atoms with E-state index in [9.17, 15) is 14.4 Å². The third-order valence-corrected chi connectivity index (χ3v) is 5.42. The molecule has 0 spiro atoms. The quantitative estimate of drug-likeness (QED) is 0.407. The van der Waals surface area contributed by atoms with E-state index in [0.29, 0.717) is 35.3 Å². The van der Waals surface area contributed by atoms with E-state index in [1.54, 1.807) is 12.1 Å². The van der Waals surface area contributed by atoms with Crippen LogP contribution in [0.25, 0.3) is 6.08 Å². The van der Waals surface area contributed by atoms with E-state index in [1.165, 1.54) is 25.3 Å².